The molecule has 25 heavy (non-hydrogen) atoms. The van der Waals surface area contributed by atoms with E-state index in [2.05, 4.69) is 65.1 Å². The van der Waals surface area contributed by atoms with Gasteiger partial charge in [-0.2, -0.15) is 0 Å². The van der Waals surface area contributed by atoms with Gasteiger partial charge in [0.15, 0.2) is 0 Å². The highest BCUT2D eigenvalue weighted by atomic mass is 79.9. The minimum Gasteiger partial charge on any atom is -0.488 e. The zero-order chi connectivity index (χ0) is 17.6. The van der Waals surface area contributed by atoms with Crippen LogP contribution in [0.15, 0.2) is 76.2 Å². The van der Waals surface area contributed by atoms with Crippen LogP contribution in [0.1, 0.15) is 22.3 Å². The minimum absolute atomic E-state index is 0.535. The molecule has 0 radical (unpaired) electrons. The van der Waals surface area contributed by atoms with Crippen molar-refractivity contribution in [2.45, 2.75) is 20.5 Å². The van der Waals surface area contributed by atoms with Crippen molar-refractivity contribution in [3.05, 3.63) is 93.5 Å². The summed E-state index contributed by atoms with van der Waals surface area (Å²) in [4.78, 5) is 4.67. The van der Waals surface area contributed by atoms with Crippen molar-refractivity contribution in [1.29, 1.82) is 0 Å². The van der Waals surface area contributed by atoms with Gasteiger partial charge in [-0.15, -0.1) is 0 Å². The molecule has 0 heterocycles. The van der Waals surface area contributed by atoms with Crippen molar-refractivity contribution >= 4 is 27.8 Å². The van der Waals surface area contributed by atoms with Crippen LogP contribution < -0.4 is 4.74 Å². The van der Waals surface area contributed by atoms with Crippen LogP contribution in [0.25, 0.3) is 0 Å². The molecule has 0 fully saturated rings. The Kier molecular flexibility index (Phi) is 5.67. The number of hydrogen-bond donors (Lipinski definition) is 0. The Labute approximate surface area is 157 Å². The van der Waals surface area contributed by atoms with E-state index in [0.717, 1.165) is 32.6 Å². The number of aryl methyl sites for hydroxylation is 2. The van der Waals surface area contributed by atoms with E-state index in [1.165, 1.54) is 5.56 Å². The van der Waals surface area contributed by atoms with Crippen LogP contribution in [-0.4, -0.2) is 6.21 Å². The maximum atomic E-state index is 6.01. The Hall–Kier alpha value is -2.39. The first kappa shape index (κ1) is 17.4. The lowest BCUT2D eigenvalue weighted by Crippen LogP contribution is -1.98. The maximum absolute atomic E-state index is 6.01. The SMILES string of the molecule is Cc1ccc(C)c(N=Cc2cc(Br)ccc2OCc2ccccc2)c1. The predicted octanol–water partition coefficient (Wildman–Crippen LogP) is 6.40. The van der Waals surface area contributed by atoms with E-state index >= 15 is 0 Å². The molecule has 3 heteroatoms. The number of benzene rings is 3. The van der Waals surface area contributed by atoms with E-state index < -0.39 is 0 Å². The summed E-state index contributed by atoms with van der Waals surface area (Å²) in [7, 11) is 0. The molecule has 3 aromatic rings. The first-order chi connectivity index (χ1) is 12.1. The zero-order valence-corrected chi connectivity index (χ0v) is 16.0. The summed E-state index contributed by atoms with van der Waals surface area (Å²) in [6.45, 7) is 4.68. The van der Waals surface area contributed by atoms with Crippen molar-refractivity contribution < 1.29 is 4.74 Å². The number of halogens is 1. The van der Waals surface area contributed by atoms with Gasteiger partial charge in [-0.3, -0.25) is 4.99 Å². The number of rotatable bonds is 5. The van der Waals surface area contributed by atoms with Gasteiger partial charge in [-0.1, -0.05) is 58.4 Å². The second kappa shape index (κ2) is 8.13. The Morgan fingerprint density at radius 1 is 0.960 bits per heavy atom. The monoisotopic (exact) mass is 393 g/mol. The molecule has 0 aliphatic heterocycles. The molecule has 0 saturated heterocycles. The summed E-state index contributed by atoms with van der Waals surface area (Å²) in [6.07, 6.45) is 1.87. The third-order valence-corrected chi connectivity index (χ3v) is 4.41. The summed E-state index contributed by atoms with van der Waals surface area (Å²) in [5, 5.41) is 0. The minimum atomic E-state index is 0.535. The van der Waals surface area contributed by atoms with E-state index in [4.69, 9.17) is 4.74 Å². The Morgan fingerprint density at radius 3 is 2.56 bits per heavy atom. The third-order valence-electron chi connectivity index (χ3n) is 3.92. The molecule has 0 spiro atoms. The van der Waals surface area contributed by atoms with Crippen molar-refractivity contribution in [3.8, 4) is 5.75 Å². The van der Waals surface area contributed by atoms with Crippen molar-refractivity contribution in [2.75, 3.05) is 0 Å². The second-order valence-electron chi connectivity index (χ2n) is 6.00. The van der Waals surface area contributed by atoms with E-state index in [1.54, 1.807) is 0 Å². The quantitative estimate of drug-likeness (QED) is 0.459. The van der Waals surface area contributed by atoms with Crippen molar-refractivity contribution in [3.63, 3.8) is 0 Å². The fourth-order valence-electron chi connectivity index (χ4n) is 2.48. The summed E-state index contributed by atoms with van der Waals surface area (Å²) in [5.74, 6) is 0.820. The number of hydrogen-bond acceptors (Lipinski definition) is 2. The molecule has 0 unspecified atom stereocenters. The van der Waals surface area contributed by atoms with Gasteiger partial charge in [0.1, 0.15) is 12.4 Å². The van der Waals surface area contributed by atoms with Gasteiger partial charge in [0, 0.05) is 16.3 Å². The molecule has 3 rings (SSSR count). The average Bonchev–Trinajstić information content (AvgIpc) is 2.62. The highest BCUT2D eigenvalue weighted by Gasteiger charge is 2.04. The first-order valence-electron chi connectivity index (χ1n) is 8.19. The van der Waals surface area contributed by atoms with Gasteiger partial charge in [0.05, 0.1) is 5.69 Å². The molecule has 0 aliphatic carbocycles. The smallest absolute Gasteiger partial charge is 0.128 e. The summed E-state index contributed by atoms with van der Waals surface area (Å²) in [5.41, 5.74) is 5.43. The van der Waals surface area contributed by atoms with E-state index in [-0.39, 0.29) is 0 Å². The van der Waals surface area contributed by atoms with Gasteiger partial charge in [0.25, 0.3) is 0 Å². The van der Waals surface area contributed by atoms with Gasteiger partial charge < -0.3 is 4.74 Å². The van der Waals surface area contributed by atoms with Crippen molar-refractivity contribution in [2.24, 2.45) is 4.99 Å². The lowest BCUT2D eigenvalue weighted by atomic mass is 10.1. The predicted molar refractivity (Wildman–Crippen MR) is 108 cm³/mol. The number of aliphatic imine (C=N–C) groups is 1. The molecule has 0 aromatic heterocycles. The molecule has 0 atom stereocenters. The number of nitrogens with zero attached hydrogens (tertiary/aromatic N) is 1. The van der Waals surface area contributed by atoms with Crippen LogP contribution in [0, 0.1) is 13.8 Å². The van der Waals surface area contributed by atoms with Gasteiger partial charge in [-0.05, 0) is 54.8 Å². The van der Waals surface area contributed by atoms with Crippen molar-refractivity contribution in [1.82, 2.24) is 0 Å². The van der Waals surface area contributed by atoms with E-state index in [9.17, 15) is 0 Å². The lowest BCUT2D eigenvalue weighted by molar-refractivity contribution is 0.306. The molecular formula is C22H20BrNO. The maximum Gasteiger partial charge on any atom is 0.128 e. The Morgan fingerprint density at radius 2 is 1.76 bits per heavy atom. The Balaban J connectivity index is 1.84. The van der Waals surface area contributed by atoms with Crippen LogP contribution in [0.3, 0.4) is 0 Å². The lowest BCUT2D eigenvalue weighted by Gasteiger charge is -2.10. The summed E-state index contributed by atoms with van der Waals surface area (Å²) >= 11 is 3.53. The average molecular weight is 394 g/mol. The van der Waals surface area contributed by atoms with Crippen LogP contribution in [0.2, 0.25) is 0 Å². The van der Waals surface area contributed by atoms with Crippen LogP contribution in [-0.2, 0) is 6.61 Å². The highest BCUT2D eigenvalue weighted by Crippen LogP contribution is 2.25. The topological polar surface area (TPSA) is 21.6 Å². The van der Waals surface area contributed by atoms with Crippen LogP contribution in [0.4, 0.5) is 5.69 Å². The third kappa shape index (κ3) is 4.80. The van der Waals surface area contributed by atoms with Gasteiger partial charge in [-0.25, -0.2) is 0 Å². The summed E-state index contributed by atoms with van der Waals surface area (Å²) < 4.78 is 7.01. The largest absolute Gasteiger partial charge is 0.488 e. The molecule has 0 aliphatic rings. The molecule has 0 N–H and O–H groups in total. The zero-order valence-electron chi connectivity index (χ0n) is 14.4. The molecule has 2 nitrogen and oxygen atoms in total. The van der Waals surface area contributed by atoms with Crippen LogP contribution in [0.5, 0.6) is 5.75 Å². The molecule has 0 saturated carbocycles. The van der Waals surface area contributed by atoms with Crippen LogP contribution >= 0.6 is 15.9 Å². The standard InChI is InChI=1S/C22H20BrNO/c1-16-8-9-17(2)21(12-16)24-14-19-13-20(23)10-11-22(19)25-15-18-6-4-3-5-7-18/h3-14H,15H2,1-2H3. The fourth-order valence-corrected chi connectivity index (χ4v) is 2.86. The van der Waals surface area contributed by atoms with E-state index in [0.29, 0.717) is 6.61 Å². The first-order valence-corrected chi connectivity index (χ1v) is 8.99. The molecular weight excluding hydrogens is 374 g/mol. The Bertz CT molecular complexity index is 888. The molecule has 0 amide bonds. The molecule has 0 bridgehead atoms. The molecule has 126 valence electrons. The van der Waals surface area contributed by atoms with Gasteiger partial charge >= 0.3 is 0 Å². The number of ether oxygens (including phenoxy) is 1. The molecule has 3 aromatic carbocycles. The van der Waals surface area contributed by atoms with E-state index in [1.807, 2.05) is 42.6 Å². The normalized spacial score (nSPS) is 11.0. The summed E-state index contributed by atoms with van der Waals surface area (Å²) in [6, 6.07) is 22.4. The second-order valence-corrected chi connectivity index (χ2v) is 6.92. The van der Waals surface area contributed by atoms with Gasteiger partial charge in [0.2, 0.25) is 0 Å². The highest BCUT2D eigenvalue weighted by molar-refractivity contribution is 9.10. The fraction of sp³-hybridized carbons (Fsp3) is 0.136.